The summed E-state index contributed by atoms with van der Waals surface area (Å²) in [6.45, 7) is 9.47. The fraction of sp³-hybridized carbons (Fsp3) is 0.394. The minimum absolute atomic E-state index is 0.0910. The van der Waals surface area contributed by atoms with Crippen LogP contribution in [0.5, 0.6) is 11.5 Å². The Morgan fingerprint density at radius 1 is 1.11 bits per heavy atom. The number of ether oxygens (including phenoxy) is 3. The first-order chi connectivity index (χ1) is 21.5. The van der Waals surface area contributed by atoms with Gasteiger partial charge in [0.2, 0.25) is 5.60 Å². The molecule has 2 aromatic carbocycles. The van der Waals surface area contributed by atoms with Gasteiger partial charge in [0.1, 0.15) is 6.10 Å². The van der Waals surface area contributed by atoms with Crippen molar-refractivity contribution in [3.05, 3.63) is 89.3 Å². The third-order valence-corrected chi connectivity index (χ3v) is 8.00. The average Bonchev–Trinajstić information content (AvgIpc) is 3.66. The minimum Gasteiger partial charge on any atom is -0.493 e. The van der Waals surface area contributed by atoms with Gasteiger partial charge < -0.3 is 28.3 Å². The number of carbonyl (C=O) groups excluding carboxylic acids is 1. The molecule has 1 atom stereocenters. The molecule has 1 N–H and O–H groups in total. The minimum atomic E-state index is -4.98. The number of fused-ring (bicyclic) bond motifs is 1. The molecule has 1 fully saturated rings. The number of carbonyl (C=O) groups is 1. The Bertz CT molecular complexity index is 1670. The van der Waals surface area contributed by atoms with Crippen molar-refractivity contribution < 1.29 is 41.7 Å². The molecule has 4 aromatic rings. The van der Waals surface area contributed by atoms with E-state index in [0.29, 0.717) is 35.4 Å². The number of β-amino-alcohol motifs (C(OH)–C–C–N with tert-alkyl or cyclic N) is 1. The molecular weight excluding hydrogens is 591 g/mol. The quantitative estimate of drug-likeness (QED) is 0.156. The lowest BCUT2D eigenvalue weighted by Crippen LogP contribution is -2.53. The molecule has 0 bridgehead atoms. The topological polar surface area (TPSA) is 90.7 Å². The summed E-state index contributed by atoms with van der Waals surface area (Å²) in [4.78, 5) is 16.9. The van der Waals surface area contributed by atoms with E-state index in [9.17, 15) is 23.1 Å². The summed E-state index contributed by atoms with van der Waals surface area (Å²) in [6, 6.07) is 11.3. The molecule has 5 rings (SSSR count). The normalized spacial score (nSPS) is 15.8. The summed E-state index contributed by atoms with van der Waals surface area (Å²) in [6.07, 6.45) is -0.0133. The van der Waals surface area contributed by atoms with E-state index in [4.69, 9.17) is 25.2 Å². The Morgan fingerprint density at radius 2 is 1.89 bits per heavy atom. The van der Waals surface area contributed by atoms with E-state index < -0.39 is 18.3 Å². The maximum absolute atomic E-state index is 14.8. The molecule has 238 valence electrons. The van der Waals surface area contributed by atoms with Gasteiger partial charge in [0.25, 0.3) is 0 Å². The van der Waals surface area contributed by atoms with Crippen LogP contribution in [0.15, 0.2) is 65.6 Å². The number of hydrogen-bond acceptors (Lipinski definition) is 7. The lowest BCUT2D eigenvalue weighted by molar-refractivity contribution is -0.272. The molecule has 2 aromatic heterocycles. The lowest BCUT2D eigenvalue weighted by atomic mass is 9.91. The molecule has 9 nitrogen and oxygen atoms in total. The molecule has 0 amide bonds. The Hall–Kier alpha value is -4.47. The lowest BCUT2D eigenvalue weighted by Gasteiger charge is -2.39. The van der Waals surface area contributed by atoms with Crippen LogP contribution in [0.3, 0.4) is 0 Å². The van der Waals surface area contributed by atoms with Crippen molar-refractivity contribution in [2.24, 2.45) is 0 Å². The molecule has 0 radical (unpaired) electrons. The number of esters is 1. The smallest absolute Gasteiger partial charge is 0.422 e. The van der Waals surface area contributed by atoms with Gasteiger partial charge in [-0.2, -0.15) is 13.2 Å². The van der Waals surface area contributed by atoms with E-state index in [1.165, 1.54) is 44.0 Å². The van der Waals surface area contributed by atoms with Gasteiger partial charge in [0.05, 0.1) is 45.8 Å². The molecule has 45 heavy (non-hydrogen) atoms. The summed E-state index contributed by atoms with van der Waals surface area (Å²) in [7, 11) is 1.49. The number of aliphatic hydroxyl groups is 1. The summed E-state index contributed by atoms with van der Waals surface area (Å²) < 4.78 is 67.7. The molecule has 1 saturated heterocycles. The molecule has 1 aliphatic rings. The molecular formula is C33H34F3N3O6. The number of nitrogens with zero attached hydrogens (tertiary/aromatic N) is 3. The van der Waals surface area contributed by atoms with Crippen molar-refractivity contribution in [2.75, 3.05) is 33.4 Å². The van der Waals surface area contributed by atoms with Gasteiger partial charge in [-0.1, -0.05) is 18.2 Å². The van der Waals surface area contributed by atoms with Crippen molar-refractivity contribution in [3.8, 4) is 11.5 Å². The number of hydrogen-bond donors (Lipinski definition) is 1. The van der Waals surface area contributed by atoms with E-state index in [0.717, 1.165) is 5.56 Å². The van der Waals surface area contributed by atoms with Crippen molar-refractivity contribution in [3.63, 3.8) is 0 Å². The van der Waals surface area contributed by atoms with Crippen LogP contribution in [0.4, 0.5) is 18.9 Å². The Kier molecular flexibility index (Phi) is 9.41. The highest BCUT2D eigenvalue weighted by Crippen LogP contribution is 2.44. The van der Waals surface area contributed by atoms with Crippen LogP contribution in [-0.2, 0) is 28.1 Å². The number of likely N-dealkylation sites (tertiary alicyclic amines) is 1. The zero-order valence-electron chi connectivity index (χ0n) is 25.0. The number of aromatic nitrogens is 1. The van der Waals surface area contributed by atoms with Crippen molar-refractivity contribution >= 4 is 22.6 Å². The Morgan fingerprint density at radius 3 is 2.53 bits per heavy atom. The van der Waals surface area contributed by atoms with E-state index >= 15 is 0 Å². The maximum Gasteiger partial charge on any atom is 0.422 e. The number of rotatable bonds is 11. The molecule has 0 spiro atoms. The first-order valence-corrected chi connectivity index (χ1v) is 14.6. The summed E-state index contributed by atoms with van der Waals surface area (Å²) in [5.41, 5.74) is -1.31. The zero-order valence-corrected chi connectivity index (χ0v) is 25.0. The predicted molar refractivity (Wildman–Crippen MR) is 159 cm³/mol. The van der Waals surface area contributed by atoms with Crippen LogP contribution in [-0.4, -0.2) is 66.2 Å². The van der Waals surface area contributed by atoms with E-state index in [-0.39, 0.29) is 61.4 Å². The van der Waals surface area contributed by atoms with Crippen LogP contribution in [0.1, 0.15) is 36.5 Å². The third kappa shape index (κ3) is 6.95. The largest absolute Gasteiger partial charge is 0.493 e. The van der Waals surface area contributed by atoms with Crippen molar-refractivity contribution in [1.82, 2.24) is 9.47 Å². The fourth-order valence-electron chi connectivity index (χ4n) is 5.70. The summed E-state index contributed by atoms with van der Waals surface area (Å²) in [5, 5.41) is 11.7. The van der Waals surface area contributed by atoms with Gasteiger partial charge in [-0.15, -0.1) is 0 Å². The fourth-order valence-corrected chi connectivity index (χ4v) is 5.70. The highest BCUT2D eigenvalue weighted by Gasteiger charge is 2.57. The zero-order chi connectivity index (χ0) is 32.2. The predicted octanol–water partition coefficient (Wildman–Crippen LogP) is 6.24. The number of alkyl halides is 3. The SMILES string of the molecule is [C-]#[N+]c1ccc2c(C(O)(CN3CCC(Oc4ccc(CC(=O)OCC)cc4OC)CC3)C(F)(F)F)cn(Cc3ccoc3)c2c1. The van der Waals surface area contributed by atoms with Crippen LogP contribution in [0.2, 0.25) is 0 Å². The molecule has 1 unspecified atom stereocenters. The number of furan rings is 1. The van der Waals surface area contributed by atoms with Gasteiger partial charge in [-0.3, -0.25) is 9.69 Å². The third-order valence-electron chi connectivity index (χ3n) is 8.00. The molecule has 3 heterocycles. The van der Waals surface area contributed by atoms with Crippen molar-refractivity contribution in [2.45, 2.75) is 50.6 Å². The van der Waals surface area contributed by atoms with Gasteiger partial charge in [0.15, 0.2) is 17.2 Å². The molecule has 0 saturated carbocycles. The van der Waals surface area contributed by atoms with Crippen LogP contribution in [0.25, 0.3) is 15.7 Å². The van der Waals surface area contributed by atoms with Gasteiger partial charge in [-0.25, -0.2) is 4.85 Å². The van der Waals surface area contributed by atoms with E-state index in [1.54, 1.807) is 40.7 Å². The van der Waals surface area contributed by atoms with E-state index in [1.807, 2.05) is 0 Å². The monoisotopic (exact) mass is 625 g/mol. The first kappa shape index (κ1) is 31.9. The highest BCUT2D eigenvalue weighted by atomic mass is 19.4. The number of benzene rings is 2. The standard InChI is InChI=1S/C33H34F3N3O6/c1-4-44-31(40)16-22-5-8-29(30(15-22)42-3)45-25-9-12-38(13-10-25)21-32(41,33(34,35)36)27-19-39(18-23-11-14-43-20-23)28-17-24(37-2)6-7-26(27)28/h5-8,11,14-15,17,19-20,25,41H,4,9-10,12-13,16,18,21H2,1,3H3. The van der Waals surface area contributed by atoms with Gasteiger partial charge in [-0.05, 0) is 49.6 Å². The number of methoxy groups -OCH3 is 1. The number of piperidine rings is 1. The molecule has 12 heteroatoms. The summed E-state index contributed by atoms with van der Waals surface area (Å²) >= 11 is 0. The van der Waals surface area contributed by atoms with Crippen LogP contribution < -0.4 is 9.47 Å². The van der Waals surface area contributed by atoms with Crippen LogP contribution >= 0.6 is 0 Å². The second kappa shape index (κ2) is 13.3. The molecule has 1 aliphatic heterocycles. The highest BCUT2D eigenvalue weighted by molar-refractivity contribution is 5.88. The second-order valence-electron chi connectivity index (χ2n) is 11.0. The second-order valence-corrected chi connectivity index (χ2v) is 11.0. The first-order valence-electron chi connectivity index (χ1n) is 14.6. The van der Waals surface area contributed by atoms with Gasteiger partial charge in [0, 0.05) is 47.9 Å². The van der Waals surface area contributed by atoms with Crippen molar-refractivity contribution in [1.29, 1.82) is 0 Å². The average molecular weight is 626 g/mol. The Labute approximate surface area is 258 Å². The Balaban J connectivity index is 1.32. The van der Waals surface area contributed by atoms with Crippen LogP contribution in [0, 0.1) is 6.57 Å². The summed E-state index contributed by atoms with van der Waals surface area (Å²) in [5.74, 6) is 0.563. The molecule has 0 aliphatic carbocycles. The van der Waals surface area contributed by atoms with Gasteiger partial charge >= 0.3 is 12.1 Å². The van der Waals surface area contributed by atoms with E-state index in [2.05, 4.69) is 4.85 Å². The number of halogens is 3. The maximum atomic E-state index is 14.8.